The molecule has 1 aromatic carbocycles. The normalized spacial score (nSPS) is 22.7. The number of carbonyl (C=O) groups excluding carboxylic acids is 1. The van der Waals surface area contributed by atoms with Crippen molar-refractivity contribution in [3.63, 3.8) is 0 Å². The zero-order valence-corrected chi connectivity index (χ0v) is 14.0. The average Bonchev–Trinajstić information content (AvgIpc) is 2.98. The minimum atomic E-state index is -0.883. The summed E-state index contributed by atoms with van der Waals surface area (Å²) in [6, 6.07) is 7.30. The van der Waals surface area contributed by atoms with Crippen LogP contribution in [0.1, 0.15) is 32.6 Å². The van der Waals surface area contributed by atoms with Gasteiger partial charge in [0.1, 0.15) is 6.33 Å². The number of aromatic nitrogens is 2. The number of urea groups is 1. The van der Waals surface area contributed by atoms with Crippen molar-refractivity contribution in [3.05, 3.63) is 30.6 Å². The lowest BCUT2D eigenvalue weighted by atomic mass is 9.95. The number of hydrogen-bond donors (Lipinski definition) is 2. The molecule has 3 rings (SSSR count). The van der Waals surface area contributed by atoms with Crippen LogP contribution >= 0.6 is 0 Å². The highest BCUT2D eigenvalue weighted by Gasteiger charge is 2.30. The number of nitrogens with zero attached hydrogens (tertiary/aromatic N) is 2. The summed E-state index contributed by atoms with van der Waals surface area (Å²) in [5, 5.41) is 3.05. The van der Waals surface area contributed by atoms with Crippen molar-refractivity contribution in [1.82, 2.24) is 15.0 Å². The third kappa shape index (κ3) is 3.55. The van der Waals surface area contributed by atoms with Gasteiger partial charge in [0, 0.05) is 22.6 Å². The second-order valence-corrected chi connectivity index (χ2v) is 7.73. The van der Waals surface area contributed by atoms with Crippen molar-refractivity contribution in [2.45, 2.75) is 43.9 Å². The van der Waals surface area contributed by atoms with E-state index < -0.39 is 10.8 Å². The highest BCUT2D eigenvalue weighted by atomic mass is 32.2. The molecule has 0 saturated heterocycles. The quantitative estimate of drug-likeness (QED) is 0.901. The van der Waals surface area contributed by atoms with Crippen molar-refractivity contribution < 1.29 is 9.00 Å². The number of hydrogen-bond acceptors (Lipinski definition) is 3. The zero-order valence-electron chi connectivity index (χ0n) is 13.2. The lowest BCUT2D eigenvalue weighted by Gasteiger charge is -2.31. The molecule has 1 saturated carbocycles. The van der Waals surface area contributed by atoms with Crippen LogP contribution in [0.3, 0.4) is 0 Å². The number of imidazole rings is 1. The number of amides is 2. The summed E-state index contributed by atoms with van der Waals surface area (Å²) >= 11 is 0. The third-order valence-corrected chi connectivity index (χ3v) is 6.13. The molecule has 124 valence electrons. The van der Waals surface area contributed by atoms with E-state index in [9.17, 15) is 9.00 Å². The minimum Gasteiger partial charge on any atom is -0.333 e. The Morgan fingerprint density at radius 2 is 2.13 bits per heavy atom. The minimum absolute atomic E-state index is 0.0284. The maximum Gasteiger partial charge on any atom is 0.334 e. The van der Waals surface area contributed by atoms with Crippen LogP contribution in [-0.4, -0.2) is 36.9 Å². The molecule has 2 amide bonds. The maximum absolute atomic E-state index is 12.3. The van der Waals surface area contributed by atoms with Gasteiger partial charge in [0.2, 0.25) is 0 Å². The Labute approximate surface area is 138 Å². The Kier molecular flexibility index (Phi) is 4.95. The van der Waals surface area contributed by atoms with Crippen LogP contribution in [0.2, 0.25) is 0 Å². The second kappa shape index (κ2) is 7.12. The predicted octanol–water partition coefficient (Wildman–Crippen LogP) is 2.37. The van der Waals surface area contributed by atoms with Crippen LogP contribution in [0.15, 0.2) is 30.6 Å². The Balaban J connectivity index is 1.67. The van der Waals surface area contributed by atoms with Gasteiger partial charge in [-0.2, -0.15) is 0 Å². The summed E-state index contributed by atoms with van der Waals surface area (Å²) in [5.41, 5.74) is 4.47. The van der Waals surface area contributed by atoms with Crippen LogP contribution in [-0.2, 0) is 10.8 Å². The number of benzene rings is 1. The van der Waals surface area contributed by atoms with E-state index >= 15 is 0 Å². The van der Waals surface area contributed by atoms with E-state index in [0.717, 1.165) is 36.7 Å². The van der Waals surface area contributed by atoms with E-state index in [1.807, 2.05) is 31.2 Å². The van der Waals surface area contributed by atoms with E-state index in [-0.39, 0.29) is 17.3 Å². The summed E-state index contributed by atoms with van der Waals surface area (Å²) in [4.78, 5) is 16.6. The summed E-state index contributed by atoms with van der Waals surface area (Å²) in [7, 11) is -0.883. The number of fused-ring (bicyclic) bond motifs is 1. The van der Waals surface area contributed by atoms with E-state index in [1.54, 1.807) is 11.0 Å². The van der Waals surface area contributed by atoms with Gasteiger partial charge >= 0.3 is 6.03 Å². The molecule has 0 radical (unpaired) electrons. The number of para-hydroxylation sites is 2. The standard InChI is InChI=1S/C16H22N4O2S/c1-2-23(22)15-10-6-4-8-13(15)18-16(21)19-20-11-17-12-7-3-5-9-14(12)20/h3,5,7,9,11,13,15H,2,4,6,8,10H2,1H3,(H2,18,19,21). The highest BCUT2D eigenvalue weighted by Crippen LogP contribution is 2.23. The van der Waals surface area contributed by atoms with Gasteiger partial charge in [-0.15, -0.1) is 0 Å². The molecule has 3 unspecified atom stereocenters. The van der Waals surface area contributed by atoms with Crippen molar-refractivity contribution >= 4 is 27.9 Å². The summed E-state index contributed by atoms with van der Waals surface area (Å²) in [6.07, 6.45) is 5.54. The van der Waals surface area contributed by atoms with Gasteiger partial charge in [0.25, 0.3) is 0 Å². The largest absolute Gasteiger partial charge is 0.334 e. The van der Waals surface area contributed by atoms with Gasteiger partial charge in [-0.3, -0.25) is 4.21 Å². The molecule has 1 aliphatic rings. The Hall–Kier alpha value is -1.89. The highest BCUT2D eigenvalue weighted by molar-refractivity contribution is 7.85. The molecule has 2 aromatic rings. The molecule has 3 atom stereocenters. The predicted molar refractivity (Wildman–Crippen MR) is 92.4 cm³/mol. The molecule has 7 heteroatoms. The summed E-state index contributed by atoms with van der Waals surface area (Å²) < 4.78 is 13.8. The first-order valence-electron chi connectivity index (χ1n) is 8.06. The fourth-order valence-corrected chi connectivity index (χ4v) is 4.58. The topological polar surface area (TPSA) is 76.0 Å². The molecule has 1 aromatic heterocycles. The molecule has 1 fully saturated rings. The summed E-state index contributed by atoms with van der Waals surface area (Å²) in [5.74, 6) is 0.636. The number of rotatable bonds is 4. The van der Waals surface area contributed by atoms with Gasteiger partial charge in [-0.05, 0) is 25.0 Å². The van der Waals surface area contributed by atoms with Crippen LogP contribution in [0.5, 0.6) is 0 Å². The summed E-state index contributed by atoms with van der Waals surface area (Å²) in [6.45, 7) is 1.93. The molecular formula is C16H22N4O2S. The van der Waals surface area contributed by atoms with Crippen LogP contribution in [0.4, 0.5) is 4.79 Å². The smallest absolute Gasteiger partial charge is 0.333 e. The van der Waals surface area contributed by atoms with Crippen LogP contribution in [0.25, 0.3) is 11.0 Å². The van der Waals surface area contributed by atoms with Crippen LogP contribution < -0.4 is 10.7 Å². The molecule has 1 aliphatic carbocycles. The van der Waals surface area contributed by atoms with Gasteiger partial charge < -0.3 is 5.32 Å². The van der Waals surface area contributed by atoms with E-state index in [0.29, 0.717) is 5.75 Å². The van der Waals surface area contributed by atoms with E-state index in [2.05, 4.69) is 15.7 Å². The monoisotopic (exact) mass is 334 g/mol. The van der Waals surface area contributed by atoms with Crippen molar-refractivity contribution in [2.24, 2.45) is 0 Å². The Morgan fingerprint density at radius 1 is 1.35 bits per heavy atom. The number of carbonyl (C=O) groups is 1. The van der Waals surface area contributed by atoms with Crippen molar-refractivity contribution in [1.29, 1.82) is 0 Å². The molecule has 0 aliphatic heterocycles. The van der Waals surface area contributed by atoms with Gasteiger partial charge in [-0.1, -0.05) is 31.9 Å². The molecule has 23 heavy (non-hydrogen) atoms. The zero-order chi connectivity index (χ0) is 16.2. The second-order valence-electron chi connectivity index (χ2n) is 5.79. The molecule has 1 heterocycles. The van der Waals surface area contributed by atoms with Gasteiger partial charge in [0.15, 0.2) is 0 Å². The molecule has 2 N–H and O–H groups in total. The average molecular weight is 334 g/mol. The first kappa shape index (κ1) is 16.0. The van der Waals surface area contributed by atoms with Crippen molar-refractivity contribution in [2.75, 3.05) is 11.2 Å². The first-order chi connectivity index (χ1) is 11.2. The SMILES string of the molecule is CCS(=O)C1CCCCC1NC(=O)Nn1cnc2ccccc21. The van der Waals surface area contributed by atoms with Gasteiger partial charge in [0.05, 0.1) is 16.3 Å². The fourth-order valence-electron chi connectivity index (χ4n) is 3.15. The third-order valence-electron chi connectivity index (χ3n) is 4.32. The number of nitrogens with one attached hydrogen (secondary N) is 2. The maximum atomic E-state index is 12.3. The lowest BCUT2D eigenvalue weighted by Crippen LogP contribution is -2.49. The molecule has 6 nitrogen and oxygen atoms in total. The Bertz CT molecular complexity index is 715. The van der Waals surface area contributed by atoms with Crippen LogP contribution in [0, 0.1) is 0 Å². The first-order valence-corrected chi connectivity index (χ1v) is 9.44. The fraction of sp³-hybridized carbons (Fsp3) is 0.500. The van der Waals surface area contributed by atoms with E-state index in [1.165, 1.54) is 0 Å². The van der Waals surface area contributed by atoms with Crippen molar-refractivity contribution in [3.8, 4) is 0 Å². The Morgan fingerprint density at radius 3 is 2.96 bits per heavy atom. The lowest BCUT2D eigenvalue weighted by molar-refractivity contribution is 0.242. The molecule has 0 spiro atoms. The van der Waals surface area contributed by atoms with E-state index in [4.69, 9.17) is 0 Å². The molecular weight excluding hydrogens is 312 g/mol. The van der Waals surface area contributed by atoms with Gasteiger partial charge in [-0.25, -0.2) is 19.9 Å². The molecule has 0 bridgehead atoms.